The summed E-state index contributed by atoms with van der Waals surface area (Å²) in [5, 5.41) is 3.37. The van der Waals surface area contributed by atoms with Crippen LogP contribution in [0.25, 0.3) is 0 Å². The van der Waals surface area contributed by atoms with Crippen molar-refractivity contribution >= 4 is 0 Å². The van der Waals surface area contributed by atoms with Gasteiger partial charge in [0, 0.05) is 12.1 Å². The maximum atomic E-state index is 3.37. The molecule has 1 fully saturated rings. The molecule has 106 valence electrons. The minimum absolute atomic E-state index is 0.379. The van der Waals surface area contributed by atoms with Gasteiger partial charge in [-0.25, -0.2) is 0 Å². The molecule has 1 heterocycles. The first-order valence-electron chi connectivity index (χ1n) is 7.65. The van der Waals surface area contributed by atoms with E-state index in [4.69, 9.17) is 0 Å². The lowest BCUT2D eigenvalue weighted by molar-refractivity contribution is 0.166. The summed E-state index contributed by atoms with van der Waals surface area (Å²) in [6.45, 7) is 11.4. The minimum Gasteiger partial charge on any atom is -0.317 e. The molecule has 2 nitrogen and oxygen atoms in total. The van der Waals surface area contributed by atoms with Crippen LogP contribution in [-0.4, -0.2) is 30.1 Å². The maximum Gasteiger partial charge on any atom is 0.0239 e. The van der Waals surface area contributed by atoms with Gasteiger partial charge in [0.2, 0.25) is 0 Å². The Bertz CT molecular complexity index is 381. The molecule has 1 saturated heterocycles. The molecule has 0 unspecified atom stereocenters. The highest BCUT2D eigenvalue weighted by Crippen LogP contribution is 2.29. The standard InChI is InChI=1S/C17H28N2/c1-4-18-12-10-15-6-8-16(9-7-15)14-19-13-5-11-17(19,2)3/h6-9,18H,4-5,10-14H2,1-3H3. The van der Waals surface area contributed by atoms with Crippen molar-refractivity contribution in [3.05, 3.63) is 35.4 Å². The SMILES string of the molecule is CCNCCc1ccc(CN2CCCC2(C)C)cc1. The number of nitrogens with one attached hydrogen (secondary N) is 1. The molecule has 1 aromatic carbocycles. The quantitative estimate of drug-likeness (QED) is 0.790. The summed E-state index contributed by atoms with van der Waals surface area (Å²) in [5.41, 5.74) is 3.26. The lowest BCUT2D eigenvalue weighted by atomic mass is 10.0. The highest BCUT2D eigenvalue weighted by atomic mass is 15.2. The van der Waals surface area contributed by atoms with E-state index in [9.17, 15) is 0 Å². The molecule has 0 spiro atoms. The zero-order valence-corrected chi connectivity index (χ0v) is 12.7. The largest absolute Gasteiger partial charge is 0.317 e. The number of hydrogen-bond acceptors (Lipinski definition) is 2. The highest BCUT2D eigenvalue weighted by molar-refractivity contribution is 5.23. The first kappa shape index (κ1) is 14.5. The fraction of sp³-hybridized carbons (Fsp3) is 0.647. The van der Waals surface area contributed by atoms with Crippen LogP contribution in [0.2, 0.25) is 0 Å². The Morgan fingerprint density at radius 3 is 2.42 bits per heavy atom. The molecular formula is C17H28N2. The lowest BCUT2D eigenvalue weighted by Crippen LogP contribution is -2.37. The summed E-state index contributed by atoms with van der Waals surface area (Å²) in [4.78, 5) is 2.61. The van der Waals surface area contributed by atoms with Crippen LogP contribution in [0.1, 0.15) is 44.7 Å². The third-order valence-corrected chi connectivity index (χ3v) is 4.31. The monoisotopic (exact) mass is 260 g/mol. The van der Waals surface area contributed by atoms with Gasteiger partial charge in [0.15, 0.2) is 0 Å². The fourth-order valence-corrected chi connectivity index (χ4v) is 2.90. The molecule has 2 heteroatoms. The van der Waals surface area contributed by atoms with Gasteiger partial charge in [-0.2, -0.15) is 0 Å². The van der Waals surface area contributed by atoms with E-state index >= 15 is 0 Å². The van der Waals surface area contributed by atoms with Crippen molar-refractivity contribution in [2.24, 2.45) is 0 Å². The van der Waals surface area contributed by atoms with Crippen LogP contribution < -0.4 is 5.32 Å². The first-order valence-corrected chi connectivity index (χ1v) is 7.65. The van der Waals surface area contributed by atoms with Crippen molar-refractivity contribution in [1.29, 1.82) is 0 Å². The Morgan fingerprint density at radius 1 is 1.16 bits per heavy atom. The zero-order valence-electron chi connectivity index (χ0n) is 12.7. The summed E-state index contributed by atoms with van der Waals surface area (Å²) in [6.07, 6.45) is 3.80. The Hall–Kier alpha value is -0.860. The van der Waals surface area contributed by atoms with E-state index in [0.29, 0.717) is 5.54 Å². The van der Waals surface area contributed by atoms with Gasteiger partial charge in [-0.1, -0.05) is 31.2 Å². The molecule has 19 heavy (non-hydrogen) atoms. The van der Waals surface area contributed by atoms with Gasteiger partial charge in [0.05, 0.1) is 0 Å². The highest BCUT2D eigenvalue weighted by Gasteiger charge is 2.31. The summed E-state index contributed by atoms with van der Waals surface area (Å²) in [6, 6.07) is 9.18. The zero-order chi connectivity index (χ0) is 13.7. The molecular weight excluding hydrogens is 232 g/mol. The summed E-state index contributed by atoms with van der Waals surface area (Å²) in [5.74, 6) is 0. The molecule has 0 atom stereocenters. The van der Waals surface area contributed by atoms with Crippen LogP contribution in [0.15, 0.2) is 24.3 Å². The third-order valence-electron chi connectivity index (χ3n) is 4.31. The van der Waals surface area contributed by atoms with Crippen LogP contribution in [-0.2, 0) is 13.0 Å². The normalized spacial score (nSPS) is 18.9. The van der Waals surface area contributed by atoms with Gasteiger partial charge in [0.1, 0.15) is 0 Å². The number of benzene rings is 1. The Kier molecular flexibility index (Phi) is 5.00. The Balaban J connectivity index is 1.88. The van der Waals surface area contributed by atoms with Crippen molar-refractivity contribution in [1.82, 2.24) is 10.2 Å². The van der Waals surface area contributed by atoms with Crippen LogP contribution in [0.3, 0.4) is 0 Å². The number of hydrogen-bond donors (Lipinski definition) is 1. The van der Waals surface area contributed by atoms with Gasteiger partial charge in [0.25, 0.3) is 0 Å². The van der Waals surface area contributed by atoms with Gasteiger partial charge in [-0.05, 0) is 63.9 Å². The average molecular weight is 260 g/mol. The fourth-order valence-electron chi connectivity index (χ4n) is 2.90. The van der Waals surface area contributed by atoms with E-state index in [2.05, 4.69) is 55.3 Å². The topological polar surface area (TPSA) is 15.3 Å². The van der Waals surface area contributed by atoms with E-state index in [1.165, 1.54) is 30.5 Å². The number of nitrogens with zero attached hydrogens (tertiary/aromatic N) is 1. The number of rotatable bonds is 6. The van der Waals surface area contributed by atoms with E-state index in [1.807, 2.05) is 0 Å². The molecule has 0 amide bonds. The molecule has 0 aliphatic carbocycles. The van der Waals surface area contributed by atoms with Crippen molar-refractivity contribution in [2.75, 3.05) is 19.6 Å². The van der Waals surface area contributed by atoms with Crippen LogP contribution in [0, 0.1) is 0 Å². The molecule has 2 rings (SSSR count). The second kappa shape index (κ2) is 6.53. The number of likely N-dealkylation sites (N-methyl/N-ethyl adjacent to an activating group) is 1. The van der Waals surface area contributed by atoms with E-state index in [-0.39, 0.29) is 0 Å². The third kappa shape index (κ3) is 4.05. The van der Waals surface area contributed by atoms with E-state index in [0.717, 1.165) is 26.1 Å². The molecule has 1 aliphatic rings. The van der Waals surface area contributed by atoms with Crippen LogP contribution in [0.4, 0.5) is 0 Å². The van der Waals surface area contributed by atoms with E-state index < -0.39 is 0 Å². The van der Waals surface area contributed by atoms with Crippen molar-refractivity contribution < 1.29 is 0 Å². The van der Waals surface area contributed by atoms with Gasteiger partial charge in [-0.15, -0.1) is 0 Å². The Morgan fingerprint density at radius 2 is 1.84 bits per heavy atom. The number of likely N-dealkylation sites (tertiary alicyclic amines) is 1. The molecule has 0 saturated carbocycles. The average Bonchev–Trinajstić information content (AvgIpc) is 2.71. The van der Waals surface area contributed by atoms with Crippen LogP contribution in [0.5, 0.6) is 0 Å². The van der Waals surface area contributed by atoms with Gasteiger partial charge in [-0.3, -0.25) is 4.90 Å². The molecule has 0 radical (unpaired) electrons. The predicted molar refractivity (Wildman–Crippen MR) is 82.4 cm³/mol. The summed E-state index contributed by atoms with van der Waals surface area (Å²) < 4.78 is 0. The van der Waals surface area contributed by atoms with E-state index in [1.54, 1.807) is 0 Å². The Labute approximate surface area is 118 Å². The first-order chi connectivity index (χ1) is 9.12. The predicted octanol–water partition coefficient (Wildman–Crippen LogP) is 3.21. The lowest BCUT2D eigenvalue weighted by Gasteiger charge is -2.31. The maximum absolute atomic E-state index is 3.37. The summed E-state index contributed by atoms with van der Waals surface area (Å²) in [7, 11) is 0. The molecule has 1 aliphatic heterocycles. The van der Waals surface area contributed by atoms with Crippen molar-refractivity contribution in [3.8, 4) is 0 Å². The molecule has 1 aromatic rings. The van der Waals surface area contributed by atoms with Gasteiger partial charge < -0.3 is 5.32 Å². The smallest absolute Gasteiger partial charge is 0.0239 e. The van der Waals surface area contributed by atoms with Crippen molar-refractivity contribution in [3.63, 3.8) is 0 Å². The van der Waals surface area contributed by atoms with Crippen LogP contribution >= 0.6 is 0 Å². The molecule has 0 bridgehead atoms. The molecule has 1 N–H and O–H groups in total. The van der Waals surface area contributed by atoms with Gasteiger partial charge >= 0.3 is 0 Å². The minimum atomic E-state index is 0.379. The second-order valence-corrected chi connectivity index (χ2v) is 6.26. The summed E-state index contributed by atoms with van der Waals surface area (Å²) >= 11 is 0. The molecule has 0 aromatic heterocycles. The second-order valence-electron chi connectivity index (χ2n) is 6.26. The van der Waals surface area contributed by atoms with Crippen molar-refractivity contribution in [2.45, 2.75) is 52.1 Å².